The van der Waals surface area contributed by atoms with Crippen molar-refractivity contribution in [3.63, 3.8) is 0 Å². The van der Waals surface area contributed by atoms with Crippen molar-refractivity contribution in [1.82, 2.24) is 9.97 Å². The molecule has 0 bridgehead atoms. The average molecular weight is 272 g/mol. The second kappa shape index (κ2) is 6.05. The van der Waals surface area contributed by atoms with E-state index in [2.05, 4.69) is 26.3 Å². The van der Waals surface area contributed by atoms with Crippen molar-refractivity contribution in [3.8, 4) is 0 Å². The van der Waals surface area contributed by atoms with E-state index >= 15 is 0 Å². The second-order valence-corrected chi connectivity index (χ2v) is 5.09. The van der Waals surface area contributed by atoms with Crippen LogP contribution in [-0.4, -0.2) is 41.3 Å². The lowest BCUT2D eigenvalue weighted by Crippen LogP contribution is -2.30. The van der Waals surface area contributed by atoms with Gasteiger partial charge in [-0.1, -0.05) is 12.1 Å². The number of hydrogen-bond acceptors (Lipinski definition) is 5. The molecular weight excluding hydrogens is 252 g/mol. The smallest absolute Gasteiger partial charge is 0.225 e. The molecule has 5 nitrogen and oxygen atoms in total. The predicted molar refractivity (Wildman–Crippen MR) is 81.2 cm³/mol. The van der Waals surface area contributed by atoms with Crippen LogP contribution in [0.5, 0.6) is 0 Å². The van der Waals surface area contributed by atoms with E-state index in [9.17, 15) is 0 Å². The largest absolute Gasteiger partial charge is 0.395 e. The zero-order valence-electron chi connectivity index (χ0n) is 11.5. The molecule has 0 amide bonds. The molecule has 0 spiro atoms. The molecule has 2 heterocycles. The van der Waals surface area contributed by atoms with E-state index in [-0.39, 0.29) is 6.61 Å². The fourth-order valence-corrected chi connectivity index (χ4v) is 2.65. The van der Waals surface area contributed by atoms with Gasteiger partial charge < -0.3 is 15.3 Å². The normalized spacial score (nSPS) is 15.6. The number of fused-ring (bicyclic) bond motifs is 1. The van der Waals surface area contributed by atoms with Crippen molar-refractivity contribution in [2.24, 2.45) is 0 Å². The van der Waals surface area contributed by atoms with Crippen LogP contribution in [0.2, 0.25) is 0 Å². The van der Waals surface area contributed by atoms with E-state index in [1.54, 1.807) is 0 Å². The Morgan fingerprint density at radius 1 is 1.10 bits per heavy atom. The summed E-state index contributed by atoms with van der Waals surface area (Å²) in [7, 11) is 0. The summed E-state index contributed by atoms with van der Waals surface area (Å²) in [5, 5.41) is 13.1. The van der Waals surface area contributed by atoms with Crippen LogP contribution in [0.1, 0.15) is 19.3 Å². The van der Waals surface area contributed by atoms with Crippen LogP contribution in [0.4, 0.5) is 11.8 Å². The molecule has 1 saturated heterocycles. The Morgan fingerprint density at radius 3 is 2.70 bits per heavy atom. The van der Waals surface area contributed by atoms with Crippen LogP contribution in [0.15, 0.2) is 24.3 Å². The maximum absolute atomic E-state index is 8.93. The number of anilines is 2. The minimum Gasteiger partial charge on any atom is -0.395 e. The Kier molecular flexibility index (Phi) is 3.97. The third-order valence-corrected chi connectivity index (χ3v) is 3.63. The highest BCUT2D eigenvalue weighted by atomic mass is 16.3. The molecule has 0 radical (unpaired) electrons. The van der Waals surface area contributed by atoms with E-state index in [0.29, 0.717) is 12.5 Å². The molecule has 20 heavy (non-hydrogen) atoms. The zero-order valence-corrected chi connectivity index (χ0v) is 11.5. The first kappa shape index (κ1) is 13.1. The molecule has 2 N–H and O–H groups in total. The van der Waals surface area contributed by atoms with Crippen LogP contribution < -0.4 is 10.2 Å². The number of aromatic nitrogens is 2. The molecule has 0 unspecified atom stereocenters. The van der Waals surface area contributed by atoms with Crippen LogP contribution in [-0.2, 0) is 0 Å². The molecule has 5 heteroatoms. The predicted octanol–water partition coefficient (Wildman–Crippen LogP) is 2.02. The van der Waals surface area contributed by atoms with Gasteiger partial charge in [-0.2, -0.15) is 4.98 Å². The van der Waals surface area contributed by atoms with Crippen LogP contribution in [0.3, 0.4) is 0 Å². The van der Waals surface area contributed by atoms with Crippen molar-refractivity contribution in [2.75, 3.05) is 36.5 Å². The minimum absolute atomic E-state index is 0.0786. The number of para-hydroxylation sites is 1. The number of aliphatic hydroxyl groups is 1. The monoisotopic (exact) mass is 272 g/mol. The number of rotatable bonds is 4. The summed E-state index contributed by atoms with van der Waals surface area (Å²) in [6.45, 7) is 2.66. The van der Waals surface area contributed by atoms with Crippen molar-refractivity contribution >= 4 is 22.7 Å². The van der Waals surface area contributed by atoms with Gasteiger partial charge in [-0.15, -0.1) is 0 Å². The molecule has 0 atom stereocenters. The van der Waals surface area contributed by atoms with Crippen molar-refractivity contribution in [2.45, 2.75) is 19.3 Å². The highest BCUT2D eigenvalue weighted by Crippen LogP contribution is 2.27. The number of benzene rings is 1. The maximum Gasteiger partial charge on any atom is 0.225 e. The molecular formula is C15H20N4O. The first-order valence-corrected chi connectivity index (χ1v) is 7.25. The summed E-state index contributed by atoms with van der Waals surface area (Å²) < 4.78 is 0. The van der Waals surface area contributed by atoms with Gasteiger partial charge in [0.15, 0.2) is 0 Å². The van der Waals surface area contributed by atoms with Crippen LogP contribution in [0, 0.1) is 0 Å². The maximum atomic E-state index is 8.93. The van der Waals surface area contributed by atoms with Gasteiger partial charge in [0.1, 0.15) is 5.82 Å². The molecule has 2 aromatic rings. The number of nitrogens with zero attached hydrogens (tertiary/aromatic N) is 3. The van der Waals surface area contributed by atoms with E-state index in [1.807, 2.05) is 18.2 Å². The highest BCUT2D eigenvalue weighted by molar-refractivity contribution is 5.90. The Balaban J connectivity index is 2.02. The highest BCUT2D eigenvalue weighted by Gasteiger charge is 2.16. The Bertz CT molecular complexity index is 581. The SMILES string of the molecule is OCCNc1nc(N2CCCCC2)c2ccccc2n1. The van der Waals surface area contributed by atoms with Gasteiger partial charge in [-0.3, -0.25) is 0 Å². The van der Waals surface area contributed by atoms with Gasteiger partial charge in [0, 0.05) is 25.0 Å². The summed E-state index contributed by atoms with van der Waals surface area (Å²) in [5.74, 6) is 1.61. The van der Waals surface area contributed by atoms with Crippen molar-refractivity contribution in [3.05, 3.63) is 24.3 Å². The van der Waals surface area contributed by atoms with Crippen molar-refractivity contribution < 1.29 is 5.11 Å². The quantitative estimate of drug-likeness (QED) is 0.891. The molecule has 1 aliphatic rings. The van der Waals surface area contributed by atoms with E-state index < -0.39 is 0 Å². The topological polar surface area (TPSA) is 61.3 Å². The van der Waals surface area contributed by atoms with Crippen LogP contribution >= 0.6 is 0 Å². The molecule has 0 aliphatic carbocycles. The summed E-state index contributed by atoms with van der Waals surface area (Å²) in [6.07, 6.45) is 3.74. The Morgan fingerprint density at radius 2 is 1.90 bits per heavy atom. The summed E-state index contributed by atoms with van der Waals surface area (Å²) in [4.78, 5) is 11.5. The van der Waals surface area contributed by atoms with Crippen LogP contribution in [0.25, 0.3) is 10.9 Å². The Labute approximate surface area is 118 Å². The van der Waals surface area contributed by atoms with E-state index in [4.69, 9.17) is 5.11 Å². The van der Waals surface area contributed by atoms with Gasteiger partial charge >= 0.3 is 0 Å². The second-order valence-electron chi connectivity index (χ2n) is 5.09. The van der Waals surface area contributed by atoms with Crippen molar-refractivity contribution in [1.29, 1.82) is 0 Å². The number of piperidine rings is 1. The lowest BCUT2D eigenvalue weighted by Gasteiger charge is -2.28. The Hall–Kier alpha value is -1.88. The first-order valence-electron chi connectivity index (χ1n) is 7.25. The van der Waals surface area contributed by atoms with Gasteiger partial charge in [0.25, 0.3) is 0 Å². The molecule has 3 rings (SSSR count). The minimum atomic E-state index is 0.0786. The van der Waals surface area contributed by atoms with Gasteiger partial charge in [-0.05, 0) is 31.4 Å². The number of aliphatic hydroxyl groups excluding tert-OH is 1. The zero-order chi connectivity index (χ0) is 13.8. The lowest BCUT2D eigenvalue weighted by atomic mass is 10.1. The van der Waals surface area contributed by atoms with E-state index in [0.717, 1.165) is 29.8 Å². The first-order chi connectivity index (χ1) is 9.88. The summed E-state index contributed by atoms with van der Waals surface area (Å²) in [6, 6.07) is 8.11. The molecule has 1 aromatic heterocycles. The van der Waals surface area contributed by atoms with Gasteiger partial charge in [-0.25, -0.2) is 4.98 Å². The standard InChI is InChI=1S/C15H20N4O/c20-11-8-16-15-17-13-7-3-2-6-12(13)14(18-15)19-9-4-1-5-10-19/h2-3,6-7,20H,1,4-5,8-11H2,(H,16,17,18). The molecule has 106 valence electrons. The lowest BCUT2D eigenvalue weighted by molar-refractivity contribution is 0.311. The van der Waals surface area contributed by atoms with Gasteiger partial charge in [0.2, 0.25) is 5.95 Å². The fraction of sp³-hybridized carbons (Fsp3) is 0.467. The number of nitrogens with one attached hydrogen (secondary N) is 1. The van der Waals surface area contributed by atoms with E-state index in [1.165, 1.54) is 19.3 Å². The molecule has 1 fully saturated rings. The van der Waals surface area contributed by atoms with Gasteiger partial charge in [0.05, 0.1) is 12.1 Å². The summed E-state index contributed by atoms with van der Waals surface area (Å²) in [5.41, 5.74) is 0.948. The molecule has 1 aliphatic heterocycles. The summed E-state index contributed by atoms with van der Waals surface area (Å²) >= 11 is 0. The average Bonchev–Trinajstić information content (AvgIpc) is 2.53. The fourth-order valence-electron chi connectivity index (χ4n) is 2.65. The molecule has 0 saturated carbocycles. The third-order valence-electron chi connectivity index (χ3n) is 3.63. The molecule has 1 aromatic carbocycles. The third kappa shape index (κ3) is 2.67. The number of hydrogen-bond donors (Lipinski definition) is 2.